The molecule has 0 saturated carbocycles. The number of rotatable bonds is 5. The van der Waals surface area contributed by atoms with Crippen LogP contribution in [-0.4, -0.2) is 12.9 Å². The molecule has 0 radical (unpaired) electrons. The predicted molar refractivity (Wildman–Crippen MR) is 75.3 cm³/mol. The van der Waals surface area contributed by atoms with Gasteiger partial charge in [0.1, 0.15) is 11.5 Å². The molecule has 1 aromatic carbocycles. The second-order valence-corrected chi connectivity index (χ2v) is 5.84. The van der Waals surface area contributed by atoms with E-state index in [4.69, 9.17) is 4.74 Å². The highest BCUT2D eigenvalue weighted by Gasteiger charge is 2.19. The summed E-state index contributed by atoms with van der Waals surface area (Å²) in [7, 11) is 1.71. The highest BCUT2D eigenvalue weighted by Crippen LogP contribution is 2.32. The second-order valence-electron chi connectivity index (χ2n) is 5.84. The summed E-state index contributed by atoms with van der Waals surface area (Å²) in [6.07, 6.45) is 2.54. The molecule has 2 nitrogen and oxygen atoms in total. The standard InChI is InChI=1S/C16H24O2/c1-12(17)7-6-8-13-9-10-15(18-5)14(11-13)16(2,3)4/h9-11H,6-8H2,1-5H3. The number of aryl methyl sites for hydroxylation is 1. The van der Waals surface area contributed by atoms with Gasteiger partial charge in [-0.05, 0) is 42.4 Å². The van der Waals surface area contributed by atoms with Crippen molar-refractivity contribution in [2.75, 3.05) is 7.11 Å². The number of Topliss-reactive ketones (excluding diaryl/α,β-unsaturated/α-hetero) is 1. The van der Waals surface area contributed by atoms with Gasteiger partial charge in [-0.25, -0.2) is 0 Å². The first-order chi connectivity index (χ1) is 8.34. The molecule has 0 aliphatic heterocycles. The molecule has 0 bridgehead atoms. The molecule has 0 amide bonds. The molecule has 1 aromatic rings. The van der Waals surface area contributed by atoms with Gasteiger partial charge >= 0.3 is 0 Å². The van der Waals surface area contributed by atoms with Crippen LogP contribution in [0.3, 0.4) is 0 Å². The monoisotopic (exact) mass is 248 g/mol. The molecule has 1 rings (SSSR count). The van der Waals surface area contributed by atoms with Crippen molar-refractivity contribution in [3.63, 3.8) is 0 Å². The number of carbonyl (C=O) groups is 1. The summed E-state index contributed by atoms with van der Waals surface area (Å²) in [5.74, 6) is 1.21. The first-order valence-electron chi connectivity index (χ1n) is 6.51. The third-order valence-corrected chi connectivity index (χ3v) is 3.07. The minimum atomic E-state index is 0.0714. The molecule has 100 valence electrons. The van der Waals surface area contributed by atoms with E-state index in [0.717, 1.165) is 18.6 Å². The molecule has 0 aromatic heterocycles. The van der Waals surface area contributed by atoms with E-state index in [1.165, 1.54) is 11.1 Å². The molecule has 0 aliphatic rings. The van der Waals surface area contributed by atoms with Gasteiger partial charge in [-0.1, -0.05) is 32.9 Å². The van der Waals surface area contributed by atoms with Crippen LogP contribution in [0.4, 0.5) is 0 Å². The Labute approximate surface area is 110 Å². The number of ketones is 1. The summed E-state index contributed by atoms with van der Waals surface area (Å²) in [4.78, 5) is 10.9. The minimum Gasteiger partial charge on any atom is -0.496 e. The molecule has 0 saturated heterocycles. The zero-order valence-corrected chi connectivity index (χ0v) is 12.2. The third-order valence-electron chi connectivity index (χ3n) is 3.07. The summed E-state index contributed by atoms with van der Waals surface area (Å²) in [6.45, 7) is 8.20. The summed E-state index contributed by atoms with van der Waals surface area (Å²) < 4.78 is 5.42. The number of carbonyl (C=O) groups excluding carboxylic acids is 1. The highest BCUT2D eigenvalue weighted by atomic mass is 16.5. The lowest BCUT2D eigenvalue weighted by molar-refractivity contribution is -0.117. The van der Waals surface area contributed by atoms with Crippen LogP contribution in [0.1, 0.15) is 51.7 Å². The molecule has 0 spiro atoms. The van der Waals surface area contributed by atoms with Crippen molar-refractivity contribution in [2.24, 2.45) is 0 Å². The Morgan fingerprint density at radius 1 is 1.28 bits per heavy atom. The highest BCUT2D eigenvalue weighted by molar-refractivity contribution is 5.75. The quantitative estimate of drug-likeness (QED) is 0.790. The van der Waals surface area contributed by atoms with Gasteiger partial charge in [-0.15, -0.1) is 0 Å². The summed E-state index contributed by atoms with van der Waals surface area (Å²) in [5, 5.41) is 0. The third kappa shape index (κ3) is 4.17. The molecule has 18 heavy (non-hydrogen) atoms. The fourth-order valence-electron chi connectivity index (χ4n) is 2.04. The van der Waals surface area contributed by atoms with Gasteiger partial charge in [0.25, 0.3) is 0 Å². The number of ether oxygens (including phenoxy) is 1. The van der Waals surface area contributed by atoms with Crippen LogP contribution >= 0.6 is 0 Å². The fourth-order valence-corrected chi connectivity index (χ4v) is 2.04. The van der Waals surface area contributed by atoms with E-state index in [9.17, 15) is 4.79 Å². The van der Waals surface area contributed by atoms with Crippen LogP contribution < -0.4 is 4.74 Å². The van der Waals surface area contributed by atoms with Crippen molar-refractivity contribution in [1.29, 1.82) is 0 Å². The second kappa shape index (κ2) is 6.03. The minimum absolute atomic E-state index is 0.0714. The summed E-state index contributed by atoms with van der Waals surface area (Å²) >= 11 is 0. The molecular formula is C16H24O2. The molecule has 0 heterocycles. The van der Waals surface area contributed by atoms with Crippen molar-refractivity contribution >= 4 is 5.78 Å². The van der Waals surface area contributed by atoms with Crippen LogP contribution in [0.5, 0.6) is 5.75 Å². The van der Waals surface area contributed by atoms with Crippen LogP contribution in [-0.2, 0) is 16.6 Å². The zero-order chi connectivity index (χ0) is 13.8. The fraction of sp³-hybridized carbons (Fsp3) is 0.562. The maximum absolute atomic E-state index is 10.9. The summed E-state index contributed by atoms with van der Waals surface area (Å²) in [5.41, 5.74) is 2.58. The maximum Gasteiger partial charge on any atom is 0.129 e. The average molecular weight is 248 g/mol. The molecular weight excluding hydrogens is 224 g/mol. The van der Waals surface area contributed by atoms with E-state index in [-0.39, 0.29) is 11.2 Å². The molecule has 0 fully saturated rings. The first-order valence-corrected chi connectivity index (χ1v) is 6.51. The molecule has 0 aliphatic carbocycles. The smallest absolute Gasteiger partial charge is 0.129 e. The Morgan fingerprint density at radius 3 is 2.44 bits per heavy atom. The van der Waals surface area contributed by atoms with Crippen LogP contribution in [0, 0.1) is 0 Å². The van der Waals surface area contributed by atoms with E-state index in [1.807, 2.05) is 6.07 Å². The van der Waals surface area contributed by atoms with Crippen molar-refractivity contribution in [3.8, 4) is 5.75 Å². The lowest BCUT2D eigenvalue weighted by Gasteiger charge is -2.23. The van der Waals surface area contributed by atoms with Crippen LogP contribution in [0.15, 0.2) is 18.2 Å². The zero-order valence-electron chi connectivity index (χ0n) is 12.2. The number of benzene rings is 1. The Balaban J connectivity index is 2.86. The van der Waals surface area contributed by atoms with E-state index in [2.05, 4.69) is 32.9 Å². The van der Waals surface area contributed by atoms with Gasteiger partial charge in [0.05, 0.1) is 7.11 Å². The Hall–Kier alpha value is -1.31. The van der Waals surface area contributed by atoms with Crippen molar-refractivity contribution in [1.82, 2.24) is 0 Å². The SMILES string of the molecule is COc1ccc(CCCC(C)=O)cc1C(C)(C)C. The number of hydrogen-bond donors (Lipinski definition) is 0. The van der Waals surface area contributed by atoms with Gasteiger partial charge in [-0.2, -0.15) is 0 Å². The van der Waals surface area contributed by atoms with Gasteiger partial charge in [0, 0.05) is 6.42 Å². The van der Waals surface area contributed by atoms with Crippen LogP contribution in [0.25, 0.3) is 0 Å². The van der Waals surface area contributed by atoms with Crippen molar-refractivity contribution in [3.05, 3.63) is 29.3 Å². The van der Waals surface area contributed by atoms with Gasteiger partial charge in [0.15, 0.2) is 0 Å². The maximum atomic E-state index is 10.9. The normalized spacial score (nSPS) is 11.4. The molecule has 0 unspecified atom stereocenters. The average Bonchev–Trinajstić information content (AvgIpc) is 2.27. The van der Waals surface area contributed by atoms with Gasteiger partial charge < -0.3 is 9.53 Å². The van der Waals surface area contributed by atoms with Crippen molar-refractivity contribution in [2.45, 2.75) is 52.4 Å². The predicted octanol–water partition coefficient (Wildman–Crippen LogP) is 3.90. The van der Waals surface area contributed by atoms with E-state index < -0.39 is 0 Å². The topological polar surface area (TPSA) is 26.3 Å². The van der Waals surface area contributed by atoms with Crippen molar-refractivity contribution < 1.29 is 9.53 Å². The van der Waals surface area contributed by atoms with E-state index in [0.29, 0.717) is 6.42 Å². The number of hydrogen-bond acceptors (Lipinski definition) is 2. The van der Waals surface area contributed by atoms with Crippen LogP contribution in [0.2, 0.25) is 0 Å². The Morgan fingerprint density at radius 2 is 1.94 bits per heavy atom. The Kier molecular flexibility index (Phi) is 4.94. The molecule has 2 heteroatoms. The molecule has 0 N–H and O–H groups in total. The van der Waals surface area contributed by atoms with Gasteiger partial charge in [0.2, 0.25) is 0 Å². The van der Waals surface area contributed by atoms with Gasteiger partial charge in [-0.3, -0.25) is 0 Å². The van der Waals surface area contributed by atoms with E-state index >= 15 is 0 Å². The Bertz CT molecular complexity index is 414. The molecule has 0 atom stereocenters. The van der Waals surface area contributed by atoms with E-state index in [1.54, 1.807) is 14.0 Å². The number of methoxy groups -OCH3 is 1. The lowest BCUT2D eigenvalue weighted by Crippen LogP contribution is -2.13. The summed E-state index contributed by atoms with van der Waals surface area (Å²) in [6, 6.07) is 6.33. The lowest BCUT2D eigenvalue weighted by atomic mass is 9.85. The first kappa shape index (κ1) is 14.7. The largest absolute Gasteiger partial charge is 0.496 e.